The van der Waals surface area contributed by atoms with Crippen molar-refractivity contribution in [1.82, 2.24) is 19.8 Å². The zero-order valence-corrected chi connectivity index (χ0v) is 21.2. The maximum Gasteiger partial charge on any atom is 0.260 e. The molecule has 0 amide bonds. The molecule has 2 aromatic heterocycles. The summed E-state index contributed by atoms with van der Waals surface area (Å²) in [5.41, 5.74) is 1.51. The van der Waals surface area contributed by atoms with Crippen LogP contribution in [0, 0.1) is 11.7 Å². The monoisotopic (exact) mass is 492 g/mol. The van der Waals surface area contributed by atoms with E-state index in [1.54, 1.807) is 23.0 Å². The molecular formula is C29H37FN4O2. The van der Waals surface area contributed by atoms with Crippen LogP contribution in [0.1, 0.15) is 45.4 Å². The number of fused-ring (bicyclic) bond motifs is 1. The molecule has 2 fully saturated rings. The summed E-state index contributed by atoms with van der Waals surface area (Å²) in [5.74, 6) is 0.732. The fraction of sp³-hybridized carbons (Fsp3) is 0.517. The number of ether oxygens (including phenoxy) is 1. The summed E-state index contributed by atoms with van der Waals surface area (Å²) >= 11 is 0. The molecule has 0 spiro atoms. The first-order valence-electron chi connectivity index (χ1n) is 13.5. The highest BCUT2D eigenvalue weighted by Crippen LogP contribution is 2.31. The first-order chi connectivity index (χ1) is 17.6. The molecule has 2 aliphatic heterocycles. The summed E-state index contributed by atoms with van der Waals surface area (Å²) in [4.78, 5) is 19.6. The van der Waals surface area contributed by atoms with Crippen molar-refractivity contribution in [3.8, 4) is 16.9 Å². The molecule has 7 heteroatoms. The number of piperidine rings is 2. The van der Waals surface area contributed by atoms with Gasteiger partial charge in [-0.25, -0.2) is 4.39 Å². The van der Waals surface area contributed by atoms with Crippen molar-refractivity contribution in [1.29, 1.82) is 0 Å². The second-order valence-electron chi connectivity index (χ2n) is 10.3. The smallest absolute Gasteiger partial charge is 0.260 e. The van der Waals surface area contributed by atoms with Gasteiger partial charge in [0.15, 0.2) is 11.6 Å². The van der Waals surface area contributed by atoms with Crippen molar-refractivity contribution in [3.05, 3.63) is 59.0 Å². The highest BCUT2D eigenvalue weighted by atomic mass is 19.1. The summed E-state index contributed by atoms with van der Waals surface area (Å²) in [6.07, 6.45) is 11.4. The zero-order valence-electron chi connectivity index (χ0n) is 21.2. The van der Waals surface area contributed by atoms with Crippen LogP contribution in [0.3, 0.4) is 0 Å². The van der Waals surface area contributed by atoms with E-state index in [9.17, 15) is 4.79 Å². The Morgan fingerprint density at radius 1 is 1.11 bits per heavy atom. The molecular weight excluding hydrogens is 455 g/mol. The lowest BCUT2D eigenvalue weighted by atomic mass is 9.96. The number of aromatic nitrogens is 2. The number of nitrogens with one attached hydrogen (secondary N) is 1. The van der Waals surface area contributed by atoms with E-state index in [1.807, 2.05) is 18.3 Å². The summed E-state index contributed by atoms with van der Waals surface area (Å²) in [6, 6.07) is 7.00. The first-order valence-corrected chi connectivity index (χ1v) is 13.5. The maximum absolute atomic E-state index is 15.2. The number of benzene rings is 1. The van der Waals surface area contributed by atoms with Crippen LogP contribution in [0.5, 0.6) is 5.75 Å². The Morgan fingerprint density at radius 2 is 1.92 bits per heavy atom. The van der Waals surface area contributed by atoms with Crippen LogP contribution in [0.25, 0.3) is 21.9 Å². The molecule has 36 heavy (non-hydrogen) atoms. The molecule has 0 unspecified atom stereocenters. The van der Waals surface area contributed by atoms with Gasteiger partial charge in [0.25, 0.3) is 5.56 Å². The van der Waals surface area contributed by atoms with Crippen molar-refractivity contribution >= 4 is 10.8 Å². The molecule has 6 nitrogen and oxygen atoms in total. The van der Waals surface area contributed by atoms with Crippen molar-refractivity contribution in [2.75, 3.05) is 32.7 Å². The lowest BCUT2D eigenvalue weighted by Crippen LogP contribution is -2.42. The number of halogens is 1. The van der Waals surface area contributed by atoms with Gasteiger partial charge in [-0.2, -0.15) is 0 Å². The lowest BCUT2D eigenvalue weighted by Gasteiger charge is -2.35. The number of rotatable bonds is 8. The minimum atomic E-state index is -0.363. The van der Waals surface area contributed by atoms with Crippen LogP contribution in [0.2, 0.25) is 0 Å². The average molecular weight is 493 g/mol. The summed E-state index contributed by atoms with van der Waals surface area (Å²) < 4.78 is 23.1. The normalized spacial score (nSPS) is 18.1. The van der Waals surface area contributed by atoms with Gasteiger partial charge in [0.2, 0.25) is 0 Å². The quantitative estimate of drug-likeness (QED) is 0.487. The van der Waals surface area contributed by atoms with E-state index in [2.05, 4.69) is 22.1 Å². The first kappa shape index (κ1) is 24.9. The van der Waals surface area contributed by atoms with E-state index in [-0.39, 0.29) is 17.5 Å². The van der Waals surface area contributed by atoms with Gasteiger partial charge in [-0.3, -0.25) is 9.78 Å². The third kappa shape index (κ3) is 5.62. The van der Waals surface area contributed by atoms with Crippen LogP contribution in [-0.4, -0.2) is 53.3 Å². The number of hydrogen-bond donors (Lipinski definition) is 1. The van der Waals surface area contributed by atoms with E-state index in [4.69, 9.17) is 4.74 Å². The second-order valence-corrected chi connectivity index (χ2v) is 10.3. The number of pyridine rings is 2. The van der Waals surface area contributed by atoms with Crippen molar-refractivity contribution < 1.29 is 9.13 Å². The Kier molecular flexibility index (Phi) is 7.97. The molecule has 0 atom stereocenters. The van der Waals surface area contributed by atoms with Crippen LogP contribution in [0.15, 0.2) is 47.7 Å². The number of aryl methyl sites for hydroxylation is 1. The van der Waals surface area contributed by atoms with Gasteiger partial charge in [-0.1, -0.05) is 19.4 Å². The minimum Gasteiger partial charge on any atom is -0.487 e. The Balaban J connectivity index is 1.29. The van der Waals surface area contributed by atoms with E-state index in [1.165, 1.54) is 25.5 Å². The Labute approximate surface area is 212 Å². The Morgan fingerprint density at radius 3 is 2.67 bits per heavy atom. The second kappa shape index (κ2) is 11.5. The molecule has 0 bridgehead atoms. The molecule has 192 valence electrons. The topological polar surface area (TPSA) is 59.4 Å². The molecule has 2 aliphatic rings. The van der Waals surface area contributed by atoms with Gasteiger partial charge in [0, 0.05) is 50.3 Å². The van der Waals surface area contributed by atoms with Crippen LogP contribution >= 0.6 is 0 Å². The van der Waals surface area contributed by atoms with Crippen molar-refractivity contribution in [3.63, 3.8) is 0 Å². The van der Waals surface area contributed by atoms with E-state index < -0.39 is 0 Å². The largest absolute Gasteiger partial charge is 0.487 e. The molecule has 1 N–H and O–H groups in total. The molecule has 3 aromatic rings. The summed E-state index contributed by atoms with van der Waals surface area (Å²) in [6.45, 7) is 8.18. The highest BCUT2D eigenvalue weighted by Gasteiger charge is 2.24. The molecule has 1 aromatic carbocycles. The third-order valence-electron chi connectivity index (χ3n) is 7.69. The predicted octanol–water partition coefficient (Wildman–Crippen LogP) is 4.85. The predicted molar refractivity (Wildman–Crippen MR) is 142 cm³/mol. The fourth-order valence-electron chi connectivity index (χ4n) is 5.55. The minimum absolute atomic E-state index is 0.0393. The molecule has 0 radical (unpaired) electrons. The van der Waals surface area contributed by atoms with E-state index in [0.29, 0.717) is 17.7 Å². The SMILES string of the molecule is CCCCn1cc(-c2ccc(OC3CCN(CC4CCNCC4)CC3)c(F)c2)c2ccncc2c1=O. The zero-order chi connectivity index (χ0) is 24.9. The molecule has 5 rings (SSSR count). The molecule has 2 saturated heterocycles. The van der Waals surface area contributed by atoms with Gasteiger partial charge in [-0.15, -0.1) is 0 Å². The van der Waals surface area contributed by atoms with Gasteiger partial charge in [-0.05, 0) is 80.3 Å². The van der Waals surface area contributed by atoms with Crippen molar-refractivity contribution in [2.45, 2.75) is 58.1 Å². The average Bonchev–Trinajstić information content (AvgIpc) is 2.91. The van der Waals surface area contributed by atoms with E-state index >= 15 is 4.39 Å². The van der Waals surface area contributed by atoms with Gasteiger partial charge in [0.05, 0.1) is 5.39 Å². The van der Waals surface area contributed by atoms with Crippen LogP contribution in [0.4, 0.5) is 4.39 Å². The Bertz CT molecular complexity index is 1230. The van der Waals surface area contributed by atoms with E-state index in [0.717, 1.165) is 74.3 Å². The third-order valence-corrected chi connectivity index (χ3v) is 7.69. The maximum atomic E-state index is 15.2. The number of likely N-dealkylation sites (tertiary alicyclic amines) is 1. The lowest BCUT2D eigenvalue weighted by molar-refractivity contribution is 0.0846. The molecule has 4 heterocycles. The molecule has 0 saturated carbocycles. The standard InChI is InChI=1S/C29H37FN4O2/c1-2-3-14-34-20-26(24-8-13-32-18-25(24)29(34)35)22-4-5-28(27(30)17-22)36-23-9-15-33(16-10-23)19-21-6-11-31-12-7-21/h4-5,8,13,17-18,20-21,23,31H,2-3,6-7,9-12,14-16,19H2,1H3. The number of nitrogens with zero attached hydrogens (tertiary/aromatic N) is 3. The van der Waals surface area contributed by atoms with Crippen LogP contribution in [-0.2, 0) is 6.54 Å². The highest BCUT2D eigenvalue weighted by molar-refractivity contribution is 5.95. The van der Waals surface area contributed by atoms with Crippen LogP contribution < -0.4 is 15.6 Å². The van der Waals surface area contributed by atoms with Gasteiger partial charge >= 0.3 is 0 Å². The molecule has 0 aliphatic carbocycles. The van der Waals surface area contributed by atoms with Gasteiger partial charge in [0.1, 0.15) is 6.10 Å². The van der Waals surface area contributed by atoms with Gasteiger partial charge < -0.3 is 19.5 Å². The fourth-order valence-corrected chi connectivity index (χ4v) is 5.55. The number of hydrogen-bond acceptors (Lipinski definition) is 5. The number of unbranched alkanes of at least 4 members (excludes halogenated alkanes) is 1. The summed E-state index contributed by atoms with van der Waals surface area (Å²) in [5, 5.41) is 4.78. The summed E-state index contributed by atoms with van der Waals surface area (Å²) in [7, 11) is 0. The van der Waals surface area contributed by atoms with Crippen molar-refractivity contribution in [2.24, 2.45) is 5.92 Å². The Hall–Kier alpha value is -2.77.